The maximum atomic E-state index is 12.2. The molecular formula is C15H22BrNO2. The summed E-state index contributed by atoms with van der Waals surface area (Å²) in [6.45, 7) is 10.1. The number of nitrogens with zero attached hydrogens (tertiary/aromatic N) is 1. The highest BCUT2D eigenvalue weighted by Crippen LogP contribution is 2.20. The number of ether oxygens (including phenoxy) is 1. The summed E-state index contributed by atoms with van der Waals surface area (Å²) in [5.74, 6) is 0. The van der Waals surface area contributed by atoms with Gasteiger partial charge in [-0.2, -0.15) is 0 Å². The van der Waals surface area contributed by atoms with Gasteiger partial charge in [0.25, 0.3) is 0 Å². The Labute approximate surface area is 124 Å². The highest BCUT2D eigenvalue weighted by atomic mass is 79.9. The summed E-state index contributed by atoms with van der Waals surface area (Å²) in [4.78, 5) is 13.9. The molecule has 0 aliphatic carbocycles. The van der Waals surface area contributed by atoms with E-state index in [9.17, 15) is 4.79 Å². The Morgan fingerprint density at radius 3 is 2.37 bits per heavy atom. The molecule has 0 bridgehead atoms. The van der Waals surface area contributed by atoms with E-state index in [1.165, 1.54) is 0 Å². The maximum absolute atomic E-state index is 12.2. The van der Waals surface area contributed by atoms with Crippen molar-refractivity contribution >= 4 is 22.0 Å². The van der Waals surface area contributed by atoms with Crippen LogP contribution < -0.4 is 0 Å². The first-order valence-electron chi connectivity index (χ1n) is 6.43. The third-order valence-corrected chi connectivity index (χ3v) is 3.32. The lowest BCUT2D eigenvalue weighted by Gasteiger charge is -2.30. The standard InChI is InChI=1S/C15H22BrNO2/c1-11(2)17(14(18)19-15(3,4)5)10-12-8-6-7-9-13(12)16/h6-9,11H,10H2,1-5H3. The summed E-state index contributed by atoms with van der Waals surface area (Å²) in [5, 5.41) is 0. The summed E-state index contributed by atoms with van der Waals surface area (Å²) in [6.07, 6.45) is -0.279. The van der Waals surface area contributed by atoms with Crippen LogP contribution in [-0.2, 0) is 11.3 Å². The van der Waals surface area contributed by atoms with Gasteiger partial charge in [0.05, 0.1) is 6.54 Å². The SMILES string of the molecule is CC(C)N(Cc1ccccc1Br)C(=O)OC(C)(C)C. The Morgan fingerprint density at radius 1 is 1.32 bits per heavy atom. The molecule has 1 aromatic carbocycles. The van der Waals surface area contributed by atoms with E-state index in [-0.39, 0.29) is 12.1 Å². The van der Waals surface area contributed by atoms with Gasteiger partial charge in [-0.25, -0.2) is 4.79 Å². The molecular weight excluding hydrogens is 306 g/mol. The van der Waals surface area contributed by atoms with Gasteiger partial charge in [0.1, 0.15) is 5.60 Å². The van der Waals surface area contributed by atoms with Gasteiger partial charge in [-0.15, -0.1) is 0 Å². The van der Waals surface area contributed by atoms with Crippen molar-refractivity contribution < 1.29 is 9.53 Å². The summed E-state index contributed by atoms with van der Waals surface area (Å²) < 4.78 is 6.45. The van der Waals surface area contributed by atoms with Crippen LogP contribution in [0.3, 0.4) is 0 Å². The van der Waals surface area contributed by atoms with E-state index in [2.05, 4.69) is 15.9 Å². The maximum Gasteiger partial charge on any atom is 0.410 e. The minimum absolute atomic E-state index is 0.0851. The van der Waals surface area contributed by atoms with Crippen molar-refractivity contribution in [3.8, 4) is 0 Å². The van der Waals surface area contributed by atoms with Crippen molar-refractivity contribution in [2.45, 2.75) is 52.8 Å². The molecule has 0 aliphatic heterocycles. The summed E-state index contributed by atoms with van der Waals surface area (Å²) >= 11 is 3.51. The van der Waals surface area contributed by atoms with Gasteiger partial charge < -0.3 is 9.64 Å². The van der Waals surface area contributed by atoms with Crippen LogP contribution in [-0.4, -0.2) is 22.6 Å². The zero-order valence-corrected chi connectivity index (χ0v) is 13.8. The first kappa shape index (κ1) is 16.0. The number of halogens is 1. The van der Waals surface area contributed by atoms with E-state index in [0.29, 0.717) is 6.54 Å². The van der Waals surface area contributed by atoms with Gasteiger partial charge in [-0.1, -0.05) is 34.1 Å². The average Bonchev–Trinajstić information content (AvgIpc) is 2.24. The molecule has 3 nitrogen and oxygen atoms in total. The largest absolute Gasteiger partial charge is 0.444 e. The monoisotopic (exact) mass is 327 g/mol. The number of amides is 1. The minimum Gasteiger partial charge on any atom is -0.444 e. The van der Waals surface area contributed by atoms with Crippen molar-refractivity contribution in [3.63, 3.8) is 0 Å². The van der Waals surface area contributed by atoms with Crippen LogP contribution >= 0.6 is 15.9 Å². The molecule has 1 amide bonds. The highest BCUT2D eigenvalue weighted by Gasteiger charge is 2.24. The lowest BCUT2D eigenvalue weighted by molar-refractivity contribution is 0.0171. The van der Waals surface area contributed by atoms with Crippen LogP contribution in [0.1, 0.15) is 40.2 Å². The summed E-state index contributed by atoms with van der Waals surface area (Å²) in [7, 11) is 0. The number of rotatable bonds is 3. The molecule has 19 heavy (non-hydrogen) atoms. The van der Waals surface area contributed by atoms with E-state index in [4.69, 9.17) is 4.74 Å². The minimum atomic E-state index is -0.474. The smallest absolute Gasteiger partial charge is 0.410 e. The third kappa shape index (κ3) is 5.23. The first-order chi connectivity index (χ1) is 8.70. The molecule has 106 valence electrons. The second-order valence-corrected chi connectivity index (χ2v) is 6.65. The van der Waals surface area contributed by atoms with Crippen LogP contribution in [0.4, 0.5) is 4.79 Å². The van der Waals surface area contributed by atoms with E-state index in [0.717, 1.165) is 10.0 Å². The topological polar surface area (TPSA) is 29.5 Å². The molecule has 0 aliphatic rings. The molecule has 1 rings (SSSR count). The Morgan fingerprint density at radius 2 is 1.89 bits per heavy atom. The Hall–Kier alpha value is -1.03. The fraction of sp³-hybridized carbons (Fsp3) is 0.533. The zero-order chi connectivity index (χ0) is 14.6. The number of carbonyl (C=O) groups is 1. The first-order valence-corrected chi connectivity index (χ1v) is 7.23. The van der Waals surface area contributed by atoms with Crippen LogP contribution in [0.25, 0.3) is 0 Å². The Kier molecular flexibility index (Phi) is 5.41. The predicted octanol–water partition coefficient (Wildman–Crippen LogP) is 4.59. The van der Waals surface area contributed by atoms with Gasteiger partial charge in [0, 0.05) is 10.5 Å². The van der Waals surface area contributed by atoms with Crippen molar-refractivity contribution in [2.24, 2.45) is 0 Å². The second-order valence-electron chi connectivity index (χ2n) is 5.79. The second kappa shape index (κ2) is 6.42. The fourth-order valence-electron chi connectivity index (χ4n) is 1.59. The molecule has 0 N–H and O–H groups in total. The predicted molar refractivity (Wildman–Crippen MR) is 81.1 cm³/mol. The zero-order valence-electron chi connectivity index (χ0n) is 12.2. The highest BCUT2D eigenvalue weighted by molar-refractivity contribution is 9.10. The molecule has 4 heteroatoms. The molecule has 0 saturated heterocycles. The van der Waals surface area contributed by atoms with Crippen molar-refractivity contribution in [2.75, 3.05) is 0 Å². The average molecular weight is 328 g/mol. The van der Waals surface area contributed by atoms with Crippen LogP contribution in [0.2, 0.25) is 0 Å². The summed E-state index contributed by atoms with van der Waals surface area (Å²) in [6, 6.07) is 7.99. The van der Waals surface area contributed by atoms with Crippen molar-refractivity contribution in [1.29, 1.82) is 0 Å². The molecule has 1 aromatic rings. The molecule has 0 heterocycles. The van der Waals surface area contributed by atoms with Crippen molar-refractivity contribution in [3.05, 3.63) is 34.3 Å². The lowest BCUT2D eigenvalue weighted by atomic mass is 10.2. The van der Waals surface area contributed by atoms with E-state index >= 15 is 0 Å². The lowest BCUT2D eigenvalue weighted by Crippen LogP contribution is -2.40. The van der Waals surface area contributed by atoms with Gasteiger partial charge in [-0.05, 0) is 46.2 Å². The van der Waals surface area contributed by atoms with Gasteiger partial charge in [0.15, 0.2) is 0 Å². The fourth-order valence-corrected chi connectivity index (χ4v) is 2.00. The van der Waals surface area contributed by atoms with Gasteiger partial charge in [0.2, 0.25) is 0 Å². The van der Waals surface area contributed by atoms with E-state index in [1.54, 1.807) is 4.90 Å². The van der Waals surface area contributed by atoms with Crippen LogP contribution in [0.15, 0.2) is 28.7 Å². The van der Waals surface area contributed by atoms with Crippen LogP contribution in [0.5, 0.6) is 0 Å². The quantitative estimate of drug-likeness (QED) is 0.812. The van der Waals surface area contributed by atoms with Gasteiger partial charge >= 0.3 is 6.09 Å². The molecule has 0 atom stereocenters. The van der Waals surface area contributed by atoms with Gasteiger partial charge in [-0.3, -0.25) is 0 Å². The summed E-state index contributed by atoms with van der Waals surface area (Å²) in [5.41, 5.74) is 0.597. The molecule has 0 saturated carbocycles. The number of benzene rings is 1. The molecule has 0 aromatic heterocycles. The van der Waals surface area contributed by atoms with E-state index in [1.807, 2.05) is 58.9 Å². The Balaban J connectivity index is 2.85. The molecule has 0 unspecified atom stereocenters. The number of hydrogen-bond donors (Lipinski definition) is 0. The van der Waals surface area contributed by atoms with E-state index < -0.39 is 5.60 Å². The Bertz CT molecular complexity index is 438. The third-order valence-electron chi connectivity index (χ3n) is 2.55. The molecule has 0 radical (unpaired) electrons. The van der Waals surface area contributed by atoms with Crippen molar-refractivity contribution in [1.82, 2.24) is 4.90 Å². The number of hydrogen-bond acceptors (Lipinski definition) is 2. The molecule has 0 fully saturated rings. The van der Waals surface area contributed by atoms with Crippen LogP contribution in [0, 0.1) is 0 Å². The number of carbonyl (C=O) groups excluding carboxylic acids is 1. The normalized spacial score (nSPS) is 11.5. The molecule has 0 spiro atoms.